The first-order valence-corrected chi connectivity index (χ1v) is 5.02. The van der Waals surface area contributed by atoms with Gasteiger partial charge in [-0.2, -0.15) is 5.26 Å². The van der Waals surface area contributed by atoms with E-state index < -0.39 is 11.9 Å². The van der Waals surface area contributed by atoms with Gasteiger partial charge in [-0.15, -0.1) is 0 Å². The molecule has 5 heteroatoms. The van der Waals surface area contributed by atoms with Crippen LogP contribution in [0.2, 0.25) is 0 Å². The summed E-state index contributed by atoms with van der Waals surface area (Å²) < 4.78 is 4.92. The van der Waals surface area contributed by atoms with Crippen molar-refractivity contribution in [1.82, 2.24) is 0 Å². The van der Waals surface area contributed by atoms with Gasteiger partial charge in [0, 0.05) is 0 Å². The van der Waals surface area contributed by atoms with E-state index in [1.54, 1.807) is 6.92 Å². The molecule has 0 spiro atoms. The SMILES string of the molecule is COc1cc(CC(C)C(=O)O)cc(C#N)c1O. The lowest BCUT2D eigenvalue weighted by Crippen LogP contribution is -2.12. The molecule has 1 aromatic carbocycles. The summed E-state index contributed by atoms with van der Waals surface area (Å²) >= 11 is 0. The fourth-order valence-electron chi connectivity index (χ4n) is 1.46. The van der Waals surface area contributed by atoms with Gasteiger partial charge < -0.3 is 14.9 Å². The highest BCUT2D eigenvalue weighted by Crippen LogP contribution is 2.31. The van der Waals surface area contributed by atoms with Gasteiger partial charge in [-0.3, -0.25) is 4.79 Å². The predicted octanol–water partition coefficient (Wildman–Crippen LogP) is 1.54. The molecule has 5 nitrogen and oxygen atoms in total. The Bertz CT molecular complexity index is 476. The van der Waals surface area contributed by atoms with Crippen LogP contribution < -0.4 is 4.74 Å². The van der Waals surface area contributed by atoms with Gasteiger partial charge in [0.1, 0.15) is 6.07 Å². The molecule has 1 rings (SSSR count). The summed E-state index contributed by atoms with van der Waals surface area (Å²) in [6.45, 7) is 1.58. The van der Waals surface area contributed by atoms with E-state index in [2.05, 4.69) is 0 Å². The molecule has 0 amide bonds. The van der Waals surface area contributed by atoms with Crippen LogP contribution in [0.5, 0.6) is 11.5 Å². The number of aliphatic carboxylic acids is 1. The number of benzene rings is 1. The van der Waals surface area contributed by atoms with Gasteiger partial charge in [-0.25, -0.2) is 0 Å². The first-order valence-electron chi connectivity index (χ1n) is 5.02. The number of nitrogens with zero attached hydrogens (tertiary/aromatic N) is 1. The molecule has 0 aliphatic rings. The zero-order valence-corrected chi connectivity index (χ0v) is 9.60. The Balaban J connectivity index is 3.10. The zero-order valence-electron chi connectivity index (χ0n) is 9.60. The number of aromatic hydroxyl groups is 1. The lowest BCUT2D eigenvalue weighted by atomic mass is 9.99. The van der Waals surface area contributed by atoms with E-state index in [1.807, 2.05) is 6.07 Å². The first-order chi connectivity index (χ1) is 7.99. The predicted molar refractivity (Wildman–Crippen MR) is 59.9 cm³/mol. The molecule has 90 valence electrons. The van der Waals surface area contributed by atoms with E-state index in [0.29, 0.717) is 5.56 Å². The van der Waals surface area contributed by atoms with Gasteiger partial charge in [-0.05, 0) is 24.1 Å². The van der Waals surface area contributed by atoms with E-state index >= 15 is 0 Å². The van der Waals surface area contributed by atoms with E-state index in [9.17, 15) is 9.90 Å². The summed E-state index contributed by atoms with van der Waals surface area (Å²) in [5.41, 5.74) is 0.725. The number of carboxylic acids is 1. The third kappa shape index (κ3) is 2.88. The first kappa shape index (κ1) is 12.8. The number of carbonyl (C=O) groups is 1. The number of nitriles is 1. The average molecular weight is 235 g/mol. The van der Waals surface area contributed by atoms with Crippen LogP contribution in [0.4, 0.5) is 0 Å². The highest BCUT2D eigenvalue weighted by atomic mass is 16.5. The van der Waals surface area contributed by atoms with Crippen molar-refractivity contribution in [3.63, 3.8) is 0 Å². The molecule has 0 saturated heterocycles. The largest absolute Gasteiger partial charge is 0.503 e. The van der Waals surface area contributed by atoms with E-state index in [4.69, 9.17) is 15.1 Å². The maximum atomic E-state index is 10.7. The minimum absolute atomic E-state index is 0.0805. The topological polar surface area (TPSA) is 90.5 Å². The Morgan fingerprint density at radius 2 is 2.24 bits per heavy atom. The number of hydrogen-bond acceptors (Lipinski definition) is 4. The van der Waals surface area contributed by atoms with Crippen molar-refractivity contribution in [2.75, 3.05) is 7.11 Å². The second-order valence-electron chi connectivity index (χ2n) is 3.75. The number of methoxy groups -OCH3 is 1. The van der Waals surface area contributed by atoms with Crippen LogP contribution in [0, 0.1) is 17.2 Å². The molecule has 0 saturated carbocycles. The van der Waals surface area contributed by atoms with Crippen molar-refractivity contribution in [1.29, 1.82) is 5.26 Å². The minimum Gasteiger partial charge on any atom is -0.503 e. The van der Waals surface area contributed by atoms with Crippen molar-refractivity contribution in [3.05, 3.63) is 23.3 Å². The van der Waals surface area contributed by atoms with Crippen molar-refractivity contribution in [2.45, 2.75) is 13.3 Å². The highest BCUT2D eigenvalue weighted by molar-refractivity contribution is 5.70. The zero-order chi connectivity index (χ0) is 13.0. The summed E-state index contributed by atoms with van der Waals surface area (Å²) in [6.07, 6.45) is 0.278. The molecule has 0 aliphatic heterocycles. The lowest BCUT2D eigenvalue weighted by molar-refractivity contribution is -0.141. The van der Waals surface area contributed by atoms with Gasteiger partial charge in [0.05, 0.1) is 18.6 Å². The summed E-state index contributed by atoms with van der Waals surface area (Å²) in [6, 6.07) is 4.84. The molecule has 0 aliphatic carbocycles. The lowest BCUT2D eigenvalue weighted by Gasteiger charge is -2.10. The van der Waals surface area contributed by atoms with Crippen molar-refractivity contribution < 1.29 is 19.7 Å². The quantitative estimate of drug-likeness (QED) is 0.825. The molecule has 1 atom stereocenters. The molecule has 0 fully saturated rings. The molecular formula is C12H13NO4. The maximum Gasteiger partial charge on any atom is 0.306 e. The number of hydrogen-bond donors (Lipinski definition) is 2. The normalized spacial score (nSPS) is 11.6. The standard InChI is InChI=1S/C12H13NO4/c1-7(12(15)16)3-8-4-9(6-13)11(14)10(5-8)17-2/h4-5,7,14H,3H2,1-2H3,(H,15,16). The van der Waals surface area contributed by atoms with Gasteiger partial charge in [0.2, 0.25) is 0 Å². The van der Waals surface area contributed by atoms with Crippen LogP contribution in [0.15, 0.2) is 12.1 Å². The van der Waals surface area contributed by atoms with Crippen molar-refractivity contribution in [3.8, 4) is 17.6 Å². The number of phenols is 1. The van der Waals surface area contributed by atoms with Crippen LogP contribution in [-0.4, -0.2) is 23.3 Å². The molecule has 0 bridgehead atoms. The van der Waals surface area contributed by atoms with Crippen LogP contribution in [0.1, 0.15) is 18.1 Å². The molecule has 2 N–H and O–H groups in total. The number of carboxylic acid groups (broad SMARTS) is 1. The van der Waals surface area contributed by atoms with E-state index in [-0.39, 0.29) is 23.5 Å². The van der Waals surface area contributed by atoms with Crippen LogP contribution in [0.3, 0.4) is 0 Å². The smallest absolute Gasteiger partial charge is 0.306 e. The summed E-state index contributed by atoms with van der Waals surface area (Å²) in [4.78, 5) is 10.7. The fourth-order valence-corrected chi connectivity index (χ4v) is 1.46. The minimum atomic E-state index is -0.907. The van der Waals surface area contributed by atoms with Gasteiger partial charge in [-0.1, -0.05) is 6.92 Å². The Labute approximate surface area is 98.9 Å². The molecule has 17 heavy (non-hydrogen) atoms. The second-order valence-corrected chi connectivity index (χ2v) is 3.75. The van der Waals surface area contributed by atoms with Crippen LogP contribution in [0.25, 0.3) is 0 Å². The van der Waals surface area contributed by atoms with Crippen LogP contribution >= 0.6 is 0 Å². The molecule has 0 aromatic heterocycles. The summed E-state index contributed by atoms with van der Waals surface area (Å²) in [5.74, 6) is -1.51. The van der Waals surface area contributed by atoms with Gasteiger partial charge in [0.15, 0.2) is 11.5 Å². The Morgan fingerprint density at radius 1 is 1.59 bits per heavy atom. The molecule has 0 heterocycles. The molecule has 0 radical (unpaired) electrons. The number of ether oxygens (including phenoxy) is 1. The third-order valence-corrected chi connectivity index (χ3v) is 2.44. The third-order valence-electron chi connectivity index (χ3n) is 2.44. The fraction of sp³-hybridized carbons (Fsp3) is 0.333. The van der Waals surface area contributed by atoms with Crippen LogP contribution in [-0.2, 0) is 11.2 Å². The van der Waals surface area contributed by atoms with Gasteiger partial charge >= 0.3 is 5.97 Å². The second kappa shape index (κ2) is 5.21. The Hall–Kier alpha value is -2.22. The monoisotopic (exact) mass is 235 g/mol. The average Bonchev–Trinajstić information content (AvgIpc) is 2.30. The van der Waals surface area contributed by atoms with Crippen molar-refractivity contribution >= 4 is 5.97 Å². The summed E-state index contributed by atoms with van der Waals surface area (Å²) in [7, 11) is 1.38. The van der Waals surface area contributed by atoms with E-state index in [1.165, 1.54) is 19.2 Å². The van der Waals surface area contributed by atoms with Crippen molar-refractivity contribution in [2.24, 2.45) is 5.92 Å². The molecular weight excluding hydrogens is 222 g/mol. The van der Waals surface area contributed by atoms with Gasteiger partial charge in [0.25, 0.3) is 0 Å². The number of rotatable bonds is 4. The molecule has 1 unspecified atom stereocenters. The number of phenolic OH excluding ortho intramolecular Hbond substituents is 1. The highest BCUT2D eigenvalue weighted by Gasteiger charge is 2.15. The van der Waals surface area contributed by atoms with E-state index in [0.717, 1.165) is 0 Å². The molecule has 1 aromatic rings. The summed E-state index contributed by atoms with van der Waals surface area (Å²) in [5, 5.41) is 27.2. The maximum absolute atomic E-state index is 10.7. The Kier molecular flexibility index (Phi) is 3.94. The Morgan fingerprint density at radius 3 is 2.71 bits per heavy atom.